The Kier molecular flexibility index (Phi) is 6.13. The summed E-state index contributed by atoms with van der Waals surface area (Å²) in [6.07, 6.45) is 1.04. The standard InChI is InChI=1S/C12H17N3O4S/c1-20(18,19)15-8-7-13-11(16)9-14-12(17)10-5-3-2-4-6-10/h2-6,15H,7-9H2,1H3,(H,13,16)(H,14,17). The summed E-state index contributed by atoms with van der Waals surface area (Å²) < 4.78 is 23.8. The molecule has 0 aliphatic carbocycles. The van der Waals surface area contributed by atoms with Gasteiger partial charge in [0, 0.05) is 18.7 Å². The molecule has 0 atom stereocenters. The third-order valence-electron chi connectivity index (χ3n) is 2.26. The van der Waals surface area contributed by atoms with Gasteiger partial charge in [0.2, 0.25) is 15.9 Å². The van der Waals surface area contributed by atoms with E-state index < -0.39 is 10.0 Å². The highest BCUT2D eigenvalue weighted by atomic mass is 32.2. The van der Waals surface area contributed by atoms with Gasteiger partial charge < -0.3 is 10.6 Å². The van der Waals surface area contributed by atoms with E-state index in [1.807, 2.05) is 0 Å². The molecule has 1 rings (SSSR count). The fourth-order valence-corrected chi connectivity index (χ4v) is 1.83. The van der Waals surface area contributed by atoms with Crippen LogP contribution in [0.4, 0.5) is 0 Å². The summed E-state index contributed by atoms with van der Waals surface area (Å²) >= 11 is 0. The molecule has 0 saturated carbocycles. The molecular weight excluding hydrogens is 282 g/mol. The van der Waals surface area contributed by atoms with Crippen LogP contribution in [-0.4, -0.2) is 46.1 Å². The fraction of sp³-hybridized carbons (Fsp3) is 0.333. The lowest BCUT2D eigenvalue weighted by Gasteiger charge is -2.07. The van der Waals surface area contributed by atoms with Gasteiger partial charge >= 0.3 is 0 Å². The van der Waals surface area contributed by atoms with Crippen molar-refractivity contribution in [1.82, 2.24) is 15.4 Å². The van der Waals surface area contributed by atoms with Crippen LogP contribution < -0.4 is 15.4 Å². The Labute approximate surface area is 117 Å². The van der Waals surface area contributed by atoms with E-state index in [-0.39, 0.29) is 31.4 Å². The van der Waals surface area contributed by atoms with Crippen LogP contribution in [0.2, 0.25) is 0 Å². The predicted octanol–water partition coefficient (Wildman–Crippen LogP) is -0.918. The molecule has 0 aromatic heterocycles. The Hall–Kier alpha value is -1.93. The van der Waals surface area contributed by atoms with Crippen LogP contribution in [0.5, 0.6) is 0 Å². The second kappa shape index (κ2) is 7.61. The zero-order chi connectivity index (χ0) is 15.0. The molecule has 0 heterocycles. The average molecular weight is 299 g/mol. The fourth-order valence-electron chi connectivity index (χ4n) is 1.35. The summed E-state index contributed by atoms with van der Waals surface area (Å²) in [5, 5.41) is 4.95. The van der Waals surface area contributed by atoms with E-state index in [1.165, 1.54) is 0 Å². The van der Waals surface area contributed by atoms with E-state index >= 15 is 0 Å². The smallest absolute Gasteiger partial charge is 0.251 e. The normalized spacial score (nSPS) is 10.8. The average Bonchev–Trinajstić information content (AvgIpc) is 2.41. The molecule has 0 bridgehead atoms. The van der Waals surface area contributed by atoms with Gasteiger partial charge in [0.25, 0.3) is 5.91 Å². The van der Waals surface area contributed by atoms with Crippen LogP contribution in [0.15, 0.2) is 30.3 Å². The van der Waals surface area contributed by atoms with Crippen molar-refractivity contribution in [2.75, 3.05) is 25.9 Å². The predicted molar refractivity (Wildman–Crippen MR) is 74.6 cm³/mol. The summed E-state index contributed by atoms with van der Waals surface area (Å²) in [5.41, 5.74) is 0.471. The number of carbonyl (C=O) groups is 2. The Morgan fingerprint density at radius 1 is 1.05 bits per heavy atom. The minimum absolute atomic E-state index is 0.108. The number of hydrogen-bond acceptors (Lipinski definition) is 4. The van der Waals surface area contributed by atoms with Crippen molar-refractivity contribution in [3.8, 4) is 0 Å². The molecule has 3 N–H and O–H groups in total. The minimum atomic E-state index is -3.25. The first-order chi connectivity index (χ1) is 9.38. The first kappa shape index (κ1) is 16.1. The van der Waals surface area contributed by atoms with E-state index in [2.05, 4.69) is 15.4 Å². The highest BCUT2D eigenvalue weighted by molar-refractivity contribution is 7.88. The van der Waals surface area contributed by atoms with Crippen LogP contribution in [0, 0.1) is 0 Å². The summed E-state index contributed by atoms with van der Waals surface area (Å²) in [6, 6.07) is 8.53. The first-order valence-corrected chi connectivity index (χ1v) is 7.82. The number of carbonyl (C=O) groups excluding carboxylic acids is 2. The van der Waals surface area contributed by atoms with E-state index in [0.29, 0.717) is 5.56 Å². The van der Waals surface area contributed by atoms with Crippen LogP contribution in [0.1, 0.15) is 10.4 Å². The SMILES string of the molecule is CS(=O)(=O)NCCNC(=O)CNC(=O)c1ccccc1. The number of sulfonamides is 1. The third kappa shape index (κ3) is 6.86. The van der Waals surface area contributed by atoms with Crippen LogP contribution in [-0.2, 0) is 14.8 Å². The van der Waals surface area contributed by atoms with Crippen LogP contribution in [0.3, 0.4) is 0 Å². The van der Waals surface area contributed by atoms with E-state index in [1.54, 1.807) is 30.3 Å². The molecule has 0 unspecified atom stereocenters. The summed E-state index contributed by atoms with van der Waals surface area (Å²) in [6.45, 7) is 0.108. The van der Waals surface area contributed by atoms with Crippen molar-refractivity contribution in [1.29, 1.82) is 0 Å². The molecule has 0 radical (unpaired) electrons. The summed E-state index contributed by atoms with van der Waals surface area (Å²) in [7, 11) is -3.25. The van der Waals surface area contributed by atoms with Gasteiger partial charge in [-0.3, -0.25) is 9.59 Å². The Balaban J connectivity index is 2.22. The van der Waals surface area contributed by atoms with Gasteiger partial charge in [0.15, 0.2) is 0 Å². The molecule has 0 fully saturated rings. The van der Waals surface area contributed by atoms with Gasteiger partial charge in [-0.05, 0) is 12.1 Å². The summed E-state index contributed by atoms with van der Waals surface area (Å²) in [5.74, 6) is -0.723. The molecule has 7 nitrogen and oxygen atoms in total. The van der Waals surface area contributed by atoms with Crippen LogP contribution in [0.25, 0.3) is 0 Å². The second-order valence-corrected chi connectivity index (χ2v) is 5.90. The Morgan fingerprint density at radius 3 is 2.30 bits per heavy atom. The maximum Gasteiger partial charge on any atom is 0.251 e. The van der Waals surface area contributed by atoms with Crippen molar-refractivity contribution in [2.24, 2.45) is 0 Å². The van der Waals surface area contributed by atoms with Crippen molar-refractivity contribution >= 4 is 21.8 Å². The zero-order valence-corrected chi connectivity index (χ0v) is 11.9. The minimum Gasteiger partial charge on any atom is -0.353 e. The van der Waals surface area contributed by atoms with Crippen molar-refractivity contribution in [3.05, 3.63) is 35.9 Å². The molecule has 2 amide bonds. The van der Waals surface area contributed by atoms with Crippen molar-refractivity contribution in [2.45, 2.75) is 0 Å². The monoisotopic (exact) mass is 299 g/mol. The van der Waals surface area contributed by atoms with E-state index in [0.717, 1.165) is 6.26 Å². The Morgan fingerprint density at radius 2 is 1.70 bits per heavy atom. The molecule has 20 heavy (non-hydrogen) atoms. The maximum atomic E-state index is 11.6. The molecule has 0 aliphatic heterocycles. The molecule has 0 aliphatic rings. The highest BCUT2D eigenvalue weighted by Gasteiger charge is 2.07. The third-order valence-corrected chi connectivity index (χ3v) is 2.99. The maximum absolute atomic E-state index is 11.6. The highest BCUT2D eigenvalue weighted by Crippen LogP contribution is 1.96. The second-order valence-electron chi connectivity index (χ2n) is 4.07. The lowest BCUT2D eigenvalue weighted by molar-refractivity contribution is -0.120. The van der Waals surface area contributed by atoms with E-state index in [9.17, 15) is 18.0 Å². The van der Waals surface area contributed by atoms with Gasteiger partial charge in [-0.2, -0.15) is 0 Å². The van der Waals surface area contributed by atoms with Crippen molar-refractivity contribution in [3.63, 3.8) is 0 Å². The number of benzene rings is 1. The molecular formula is C12H17N3O4S. The van der Waals surface area contributed by atoms with Crippen molar-refractivity contribution < 1.29 is 18.0 Å². The largest absolute Gasteiger partial charge is 0.353 e. The molecule has 1 aromatic rings. The zero-order valence-electron chi connectivity index (χ0n) is 11.0. The first-order valence-electron chi connectivity index (χ1n) is 5.93. The van der Waals surface area contributed by atoms with Crippen LogP contribution >= 0.6 is 0 Å². The van der Waals surface area contributed by atoms with Gasteiger partial charge in [-0.25, -0.2) is 13.1 Å². The number of amides is 2. The van der Waals surface area contributed by atoms with Gasteiger partial charge in [-0.15, -0.1) is 0 Å². The lowest BCUT2D eigenvalue weighted by Crippen LogP contribution is -2.40. The number of rotatable bonds is 7. The summed E-state index contributed by atoms with van der Waals surface area (Å²) in [4.78, 5) is 23.0. The molecule has 1 aromatic carbocycles. The van der Waals surface area contributed by atoms with Gasteiger partial charge in [0.1, 0.15) is 0 Å². The topological polar surface area (TPSA) is 104 Å². The van der Waals surface area contributed by atoms with Gasteiger partial charge in [-0.1, -0.05) is 18.2 Å². The van der Waals surface area contributed by atoms with E-state index in [4.69, 9.17) is 0 Å². The van der Waals surface area contributed by atoms with Gasteiger partial charge in [0.05, 0.1) is 12.8 Å². The number of nitrogens with one attached hydrogen (secondary N) is 3. The molecule has 0 spiro atoms. The molecule has 8 heteroatoms. The molecule has 0 saturated heterocycles. The Bertz CT molecular complexity index is 557. The quantitative estimate of drug-likeness (QED) is 0.566. The number of hydrogen-bond donors (Lipinski definition) is 3. The lowest BCUT2D eigenvalue weighted by atomic mass is 10.2. The molecule has 110 valence electrons.